The number of carboxylic acids is 2. The molecule has 8 heteroatoms. The standard InChI is InChI=1S/C8H6O4.C6H14O3.C6H10O/c9-7(10)5-3-1-2-4-6(5)8(11)12;1-2-6(3-7,4-8)5-9;1-3-5-7-6-4-2/h1-4H,(H,9,10)(H,11,12);7-9H,2-5H2,1H3;3-4H,1-2,5-6H2. The molecule has 0 aliphatic carbocycles. The van der Waals surface area contributed by atoms with Gasteiger partial charge in [0.15, 0.2) is 0 Å². The van der Waals surface area contributed by atoms with Gasteiger partial charge in [0, 0.05) is 5.41 Å². The number of carboxylic acid groups (broad SMARTS) is 2. The summed E-state index contributed by atoms with van der Waals surface area (Å²) < 4.78 is 4.90. The fourth-order valence-electron chi connectivity index (χ4n) is 1.58. The third-order valence-electron chi connectivity index (χ3n) is 3.62. The number of aromatic carboxylic acids is 2. The van der Waals surface area contributed by atoms with Crippen LogP contribution in [0.1, 0.15) is 34.1 Å². The molecule has 0 amide bonds. The van der Waals surface area contributed by atoms with Crippen molar-refractivity contribution in [2.45, 2.75) is 13.3 Å². The highest BCUT2D eigenvalue weighted by Gasteiger charge is 2.24. The van der Waals surface area contributed by atoms with E-state index in [1.165, 1.54) is 24.3 Å². The molecule has 0 saturated heterocycles. The Morgan fingerprint density at radius 2 is 1.29 bits per heavy atom. The lowest BCUT2D eigenvalue weighted by molar-refractivity contribution is 0.00303. The number of rotatable bonds is 10. The lowest BCUT2D eigenvalue weighted by atomic mass is 9.88. The van der Waals surface area contributed by atoms with Crippen LogP contribution >= 0.6 is 0 Å². The molecule has 8 nitrogen and oxygen atoms in total. The molecule has 0 heterocycles. The average molecular weight is 398 g/mol. The van der Waals surface area contributed by atoms with Crippen LogP contribution < -0.4 is 0 Å². The van der Waals surface area contributed by atoms with E-state index in [4.69, 9.17) is 30.3 Å². The van der Waals surface area contributed by atoms with Gasteiger partial charge in [-0.05, 0) is 18.6 Å². The molecule has 0 aromatic heterocycles. The molecule has 0 bridgehead atoms. The maximum atomic E-state index is 10.5. The van der Waals surface area contributed by atoms with Gasteiger partial charge in [0.05, 0.1) is 44.2 Å². The smallest absolute Gasteiger partial charge is 0.336 e. The third-order valence-corrected chi connectivity index (χ3v) is 3.62. The number of aliphatic hydroxyl groups excluding tert-OH is 3. The lowest BCUT2D eigenvalue weighted by Crippen LogP contribution is -2.32. The van der Waals surface area contributed by atoms with Gasteiger partial charge in [0.1, 0.15) is 0 Å². The minimum atomic E-state index is -1.23. The van der Waals surface area contributed by atoms with Crippen molar-refractivity contribution in [3.8, 4) is 0 Å². The molecule has 0 aliphatic rings. The van der Waals surface area contributed by atoms with E-state index in [0.717, 1.165) is 0 Å². The van der Waals surface area contributed by atoms with Crippen LogP contribution in [-0.4, -0.2) is 70.5 Å². The van der Waals surface area contributed by atoms with Crippen LogP contribution in [0.5, 0.6) is 0 Å². The molecule has 5 N–H and O–H groups in total. The van der Waals surface area contributed by atoms with E-state index < -0.39 is 17.4 Å². The highest BCUT2D eigenvalue weighted by molar-refractivity contribution is 6.01. The molecule has 1 rings (SSSR count). The summed E-state index contributed by atoms with van der Waals surface area (Å²) in [5.74, 6) is -2.46. The molecule has 0 spiro atoms. The zero-order chi connectivity index (χ0) is 22.0. The Bertz CT molecular complexity index is 535. The minimum absolute atomic E-state index is 0.156. The summed E-state index contributed by atoms with van der Waals surface area (Å²) >= 11 is 0. The van der Waals surface area contributed by atoms with E-state index in [0.29, 0.717) is 19.6 Å². The number of hydrogen-bond acceptors (Lipinski definition) is 6. The van der Waals surface area contributed by atoms with Crippen LogP contribution in [0.4, 0.5) is 0 Å². The van der Waals surface area contributed by atoms with Gasteiger partial charge in [-0.15, -0.1) is 13.2 Å². The maximum Gasteiger partial charge on any atom is 0.336 e. The zero-order valence-corrected chi connectivity index (χ0v) is 16.1. The summed E-state index contributed by atoms with van der Waals surface area (Å²) in [6, 6.07) is 5.48. The largest absolute Gasteiger partial charge is 0.478 e. The summed E-state index contributed by atoms with van der Waals surface area (Å²) in [7, 11) is 0. The highest BCUT2D eigenvalue weighted by atomic mass is 16.5. The van der Waals surface area contributed by atoms with E-state index in [1.54, 1.807) is 12.2 Å². The highest BCUT2D eigenvalue weighted by Crippen LogP contribution is 2.18. The minimum Gasteiger partial charge on any atom is -0.478 e. The maximum absolute atomic E-state index is 10.5. The predicted molar refractivity (Wildman–Crippen MR) is 106 cm³/mol. The molecule has 0 atom stereocenters. The first-order valence-electron chi connectivity index (χ1n) is 8.46. The second-order valence-corrected chi connectivity index (χ2v) is 5.60. The fourth-order valence-corrected chi connectivity index (χ4v) is 1.58. The van der Waals surface area contributed by atoms with E-state index in [9.17, 15) is 9.59 Å². The van der Waals surface area contributed by atoms with Crippen molar-refractivity contribution < 1.29 is 39.9 Å². The topological polar surface area (TPSA) is 145 Å². The SMILES string of the molecule is C=CCOCC=C.CCC(CO)(CO)CO.O=C(O)c1ccccc1C(=O)O. The second kappa shape index (κ2) is 16.6. The molecule has 158 valence electrons. The number of hydrogen-bond donors (Lipinski definition) is 5. The van der Waals surface area contributed by atoms with Crippen molar-refractivity contribution in [1.29, 1.82) is 0 Å². The van der Waals surface area contributed by atoms with Gasteiger partial charge in [-0.2, -0.15) is 0 Å². The van der Waals surface area contributed by atoms with Gasteiger partial charge < -0.3 is 30.3 Å². The molecule has 1 aromatic carbocycles. The predicted octanol–water partition coefficient (Wildman–Crippen LogP) is 1.82. The number of ether oxygens (including phenoxy) is 1. The molecule has 0 radical (unpaired) electrons. The first-order chi connectivity index (χ1) is 13.3. The first kappa shape index (κ1) is 27.7. The summed E-state index contributed by atoms with van der Waals surface area (Å²) in [4.78, 5) is 20.9. The normalized spacial score (nSPS) is 9.86. The van der Waals surface area contributed by atoms with Crippen LogP contribution in [0, 0.1) is 5.41 Å². The van der Waals surface area contributed by atoms with Gasteiger partial charge in [-0.25, -0.2) is 9.59 Å². The number of aliphatic hydroxyl groups is 3. The molecule has 0 fully saturated rings. The second-order valence-electron chi connectivity index (χ2n) is 5.60. The molecule has 0 aliphatic heterocycles. The summed E-state index contributed by atoms with van der Waals surface area (Å²) in [5, 5.41) is 43.1. The number of carbonyl (C=O) groups is 2. The molecule has 28 heavy (non-hydrogen) atoms. The quantitative estimate of drug-likeness (QED) is 0.296. The molecular formula is C20H30O8. The van der Waals surface area contributed by atoms with E-state index >= 15 is 0 Å². The Labute approximate surface area is 165 Å². The summed E-state index contributed by atoms with van der Waals surface area (Å²) in [6.45, 7) is 9.53. The Hall–Kier alpha value is -2.52. The monoisotopic (exact) mass is 398 g/mol. The fraction of sp³-hybridized carbons (Fsp3) is 0.400. The molecule has 0 unspecified atom stereocenters. The zero-order valence-electron chi connectivity index (χ0n) is 16.1. The van der Waals surface area contributed by atoms with Crippen LogP contribution in [0.25, 0.3) is 0 Å². The van der Waals surface area contributed by atoms with Crippen molar-refractivity contribution >= 4 is 11.9 Å². The van der Waals surface area contributed by atoms with Crippen molar-refractivity contribution in [3.05, 3.63) is 60.7 Å². The summed E-state index contributed by atoms with van der Waals surface area (Å²) in [6.07, 6.45) is 4.02. The van der Waals surface area contributed by atoms with Crippen LogP contribution in [0.15, 0.2) is 49.6 Å². The third kappa shape index (κ3) is 11.2. The van der Waals surface area contributed by atoms with Crippen molar-refractivity contribution in [1.82, 2.24) is 0 Å². The first-order valence-corrected chi connectivity index (χ1v) is 8.46. The van der Waals surface area contributed by atoms with Crippen LogP contribution in [0.2, 0.25) is 0 Å². The Balaban J connectivity index is 0. The Morgan fingerprint density at radius 1 is 0.929 bits per heavy atom. The van der Waals surface area contributed by atoms with E-state index in [1.807, 2.05) is 6.92 Å². The van der Waals surface area contributed by atoms with E-state index in [2.05, 4.69) is 13.2 Å². The Morgan fingerprint density at radius 3 is 1.46 bits per heavy atom. The van der Waals surface area contributed by atoms with Gasteiger partial charge in [0.2, 0.25) is 0 Å². The molecule has 0 saturated carbocycles. The van der Waals surface area contributed by atoms with Gasteiger partial charge in [-0.1, -0.05) is 31.2 Å². The van der Waals surface area contributed by atoms with Gasteiger partial charge in [0.25, 0.3) is 0 Å². The van der Waals surface area contributed by atoms with E-state index in [-0.39, 0.29) is 30.9 Å². The lowest BCUT2D eigenvalue weighted by Gasteiger charge is -2.24. The van der Waals surface area contributed by atoms with Crippen molar-refractivity contribution in [3.63, 3.8) is 0 Å². The number of benzene rings is 1. The average Bonchev–Trinajstić information content (AvgIpc) is 2.71. The molecule has 1 aromatic rings. The van der Waals surface area contributed by atoms with Gasteiger partial charge >= 0.3 is 11.9 Å². The molecular weight excluding hydrogens is 368 g/mol. The van der Waals surface area contributed by atoms with Crippen molar-refractivity contribution in [2.75, 3.05) is 33.0 Å². The van der Waals surface area contributed by atoms with Crippen LogP contribution in [-0.2, 0) is 4.74 Å². The van der Waals surface area contributed by atoms with Gasteiger partial charge in [-0.3, -0.25) is 0 Å². The van der Waals surface area contributed by atoms with Crippen molar-refractivity contribution in [2.24, 2.45) is 5.41 Å². The summed E-state index contributed by atoms with van der Waals surface area (Å²) in [5.41, 5.74) is -1.05. The van der Waals surface area contributed by atoms with Crippen LogP contribution in [0.3, 0.4) is 0 Å². The Kier molecular flexibility index (Phi) is 16.5.